The molecule has 11 N–H and O–H groups in total. The molecule has 194 valence electrons. The van der Waals surface area contributed by atoms with Gasteiger partial charge in [0.05, 0.1) is 18.9 Å². The Labute approximate surface area is 197 Å². The average Bonchev–Trinajstić information content (AvgIpc) is 2.70. The van der Waals surface area contributed by atoms with E-state index in [0.29, 0.717) is 19.4 Å². The minimum Gasteiger partial charge on any atom is -0.481 e. The smallest absolute Gasteiger partial charge is 0.326 e. The van der Waals surface area contributed by atoms with Gasteiger partial charge in [-0.1, -0.05) is 13.8 Å². The highest BCUT2D eigenvalue weighted by Gasteiger charge is 2.31. The summed E-state index contributed by atoms with van der Waals surface area (Å²) in [5, 5.41) is 25.3. The SMILES string of the molecule is CC(C)CC(NC(=O)C(CC(=O)O)NC(=O)C(CCCCN)NC(=O)C(N)CC(N)=O)C(=O)O. The maximum absolute atomic E-state index is 12.8. The molecule has 34 heavy (non-hydrogen) atoms. The summed E-state index contributed by atoms with van der Waals surface area (Å²) in [6.45, 7) is 3.81. The van der Waals surface area contributed by atoms with Gasteiger partial charge < -0.3 is 43.4 Å². The molecule has 14 nitrogen and oxygen atoms in total. The predicted molar refractivity (Wildman–Crippen MR) is 120 cm³/mol. The van der Waals surface area contributed by atoms with Crippen LogP contribution in [0.2, 0.25) is 0 Å². The van der Waals surface area contributed by atoms with Crippen LogP contribution < -0.4 is 33.2 Å². The van der Waals surface area contributed by atoms with E-state index in [0.717, 1.165) is 0 Å². The summed E-state index contributed by atoms with van der Waals surface area (Å²) in [4.78, 5) is 71.4. The zero-order valence-electron chi connectivity index (χ0n) is 19.4. The number of primary amides is 1. The van der Waals surface area contributed by atoms with Gasteiger partial charge in [-0.05, 0) is 38.1 Å². The first kappa shape index (κ1) is 30.7. The van der Waals surface area contributed by atoms with Crippen LogP contribution in [-0.4, -0.2) is 76.5 Å². The lowest BCUT2D eigenvalue weighted by atomic mass is 10.0. The molecule has 0 radical (unpaired) electrons. The molecule has 0 saturated carbocycles. The second-order valence-corrected chi connectivity index (χ2v) is 8.31. The molecule has 0 aliphatic rings. The standard InChI is InChI=1S/C20H36N6O8/c1-10(2)7-14(20(33)34)26-19(32)13(9-16(28)29)25-18(31)12(5-3-4-6-21)24-17(30)11(22)8-15(23)27/h10-14H,3-9,21-22H2,1-2H3,(H2,23,27)(H,24,30)(H,25,31)(H,26,32)(H,28,29)(H,33,34). The first-order chi connectivity index (χ1) is 15.8. The summed E-state index contributed by atoms with van der Waals surface area (Å²) < 4.78 is 0. The van der Waals surface area contributed by atoms with Crippen molar-refractivity contribution < 1.29 is 39.0 Å². The van der Waals surface area contributed by atoms with Crippen molar-refractivity contribution in [3.05, 3.63) is 0 Å². The van der Waals surface area contributed by atoms with Gasteiger partial charge in [0.2, 0.25) is 23.6 Å². The summed E-state index contributed by atoms with van der Waals surface area (Å²) in [7, 11) is 0. The van der Waals surface area contributed by atoms with Crippen LogP contribution in [-0.2, 0) is 28.8 Å². The van der Waals surface area contributed by atoms with E-state index < -0.39 is 72.6 Å². The van der Waals surface area contributed by atoms with Gasteiger partial charge in [-0.2, -0.15) is 0 Å². The Hall–Kier alpha value is -3.26. The molecule has 0 bridgehead atoms. The molecule has 4 atom stereocenters. The summed E-state index contributed by atoms with van der Waals surface area (Å²) in [5.41, 5.74) is 16.1. The van der Waals surface area contributed by atoms with Gasteiger partial charge >= 0.3 is 11.9 Å². The highest BCUT2D eigenvalue weighted by Crippen LogP contribution is 2.07. The van der Waals surface area contributed by atoms with Gasteiger partial charge in [0.25, 0.3) is 0 Å². The lowest BCUT2D eigenvalue weighted by Gasteiger charge is -2.25. The first-order valence-electron chi connectivity index (χ1n) is 10.9. The zero-order valence-corrected chi connectivity index (χ0v) is 19.4. The number of hydrogen-bond donors (Lipinski definition) is 8. The fraction of sp³-hybridized carbons (Fsp3) is 0.700. The van der Waals surface area contributed by atoms with E-state index in [9.17, 15) is 33.9 Å². The molecular weight excluding hydrogens is 452 g/mol. The molecule has 0 fully saturated rings. The van der Waals surface area contributed by atoms with Gasteiger partial charge in [-0.3, -0.25) is 24.0 Å². The number of hydrogen-bond acceptors (Lipinski definition) is 8. The highest BCUT2D eigenvalue weighted by atomic mass is 16.4. The second kappa shape index (κ2) is 15.6. The molecule has 0 rings (SSSR count). The Morgan fingerprint density at radius 1 is 0.794 bits per heavy atom. The summed E-state index contributed by atoms with van der Waals surface area (Å²) >= 11 is 0. The van der Waals surface area contributed by atoms with Crippen LogP contribution in [0.3, 0.4) is 0 Å². The fourth-order valence-electron chi connectivity index (χ4n) is 2.97. The molecule has 14 heteroatoms. The van der Waals surface area contributed by atoms with Gasteiger partial charge in [0, 0.05) is 0 Å². The van der Waals surface area contributed by atoms with Crippen molar-refractivity contribution in [3.8, 4) is 0 Å². The molecule has 0 saturated heterocycles. The highest BCUT2D eigenvalue weighted by molar-refractivity contribution is 5.96. The zero-order chi connectivity index (χ0) is 26.4. The van der Waals surface area contributed by atoms with Crippen LogP contribution in [0.15, 0.2) is 0 Å². The van der Waals surface area contributed by atoms with E-state index in [4.69, 9.17) is 22.3 Å². The van der Waals surface area contributed by atoms with Gasteiger partial charge in [-0.25, -0.2) is 4.79 Å². The molecule has 0 aromatic rings. The quantitative estimate of drug-likeness (QED) is 0.0988. The van der Waals surface area contributed by atoms with Crippen molar-refractivity contribution >= 4 is 35.6 Å². The van der Waals surface area contributed by atoms with Crippen LogP contribution in [0.25, 0.3) is 0 Å². The molecule has 0 aromatic heterocycles. The lowest BCUT2D eigenvalue weighted by Crippen LogP contribution is -2.57. The van der Waals surface area contributed by atoms with Crippen LogP contribution in [0, 0.1) is 5.92 Å². The predicted octanol–water partition coefficient (Wildman–Crippen LogP) is -2.62. The number of carboxylic acid groups (broad SMARTS) is 2. The van der Waals surface area contributed by atoms with E-state index in [1.165, 1.54) is 0 Å². The van der Waals surface area contributed by atoms with Gasteiger partial charge in [0.15, 0.2) is 0 Å². The Bertz CT molecular complexity index is 745. The molecule has 0 heterocycles. The van der Waals surface area contributed by atoms with Crippen molar-refractivity contribution in [3.63, 3.8) is 0 Å². The largest absolute Gasteiger partial charge is 0.481 e. The molecule has 0 aliphatic carbocycles. The number of carboxylic acids is 2. The molecule has 4 unspecified atom stereocenters. The first-order valence-corrected chi connectivity index (χ1v) is 10.9. The van der Waals surface area contributed by atoms with Crippen molar-refractivity contribution in [2.75, 3.05) is 6.54 Å². The summed E-state index contributed by atoms with van der Waals surface area (Å²) in [6, 6.07) is -5.42. The minimum atomic E-state index is -1.60. The molecular formula is C20H36N6O8. The molecule has 0 spiro atoms. The second-order valence-electron chi connectivity index (χ2n) is 8.31. The number of nitrogens with one attached hydrogen (secondary N) is 3. The lowest BCUT2D eigenvalue weighted by molar-refractivity contribution is -0.144. The number of rotatable bonds is 17. The minimum absolute atomic E-state index is 0.0827. The third-order valence-corrected chi connectivity index (χ3v) is 4.67. The molecule has 0 aromatic carbocycles. The van der Waals surface area contributed by atoms with Crippen molar-refractivity contribution in [2.45, 2.75) is 76.5 Å². The number of carbonyl (C=O) groups excluding carboxylic acids is 4. The topological polar surface area (TPSA) is 257 Å². The maximum atomic E-state index is 12.8. The van der Waals surface area contributed by atoms with E-state index in [1.807, 2.05) is 0 Å². The Morgan fingerprint density at radius 2 is 1.32 bits per heavy atom. The van der Waals surface area contributed by atoms with Crippen molar-refractivity contribution in [1.29, 1.82) is 0 Å². The van der Waals surface area contributed by atoms with E-state index >= 15 is 0 Å². The maximum Gasteiger partial charge on any atom is 0.326 e. The van der Waals surface area contributed by atoms with Crippen LogP contribution in [0.1, 0.15) is 52.4 Å². The summed E-state index contributed by atoms with van der Waals surface area (Å²) in [6.07, 6.45) is -0.183. The number of unbranched alkanes of at least 4 members (excludes halogenated alkanes) is 1. The fourth-order valence-corrected chi connectivity index (χ4v) is 2.97. The van der Waals surface area contributed by atoms with E-state index in [1.54, 1.807) is 13.8 Å². The van der Waals surface area contributed by atoms with Crippen molar-refractivity contribution in [2.24, 2.45) is 23.1 Å². The Balaban J connectivity index is 5.54. The van der Waals surface area contributed by atoms with Gasteiger partial charge in [0.1, 0.15) is 18.1 Å². The van der Waals surface area contributed by atoms with Crippen molar-refractivity contribution in [1.82, 2.24) is 16.0 Å². The normalized spacial score (nSPS) is 14.4. The van der Waals surface area contributed by atoms with Crippen LogP contribution >= 0.6 is 0 Å². The third-order valence-electron chi connectivity index (χ3n) is 4.67. The molecule has 4 amide bonds. The van der Waals surface area contributed by atoms with Gasteiger partial charge in [-0.15, -0.1) is 0 Å². The Morgan fingerprint density at radius 3 is 1.79 bits per heavy atom. The number of amides is 4. The van der Waals surface area contributed by atoms with Crippen LogP contribution in [0.5, 0.6) is 0 Å². The Kier molecular flexibility index (Phi) is 14.1. The number of aliphatic carboxylic acids is 2. The number of nitrogens with two attached hydrogens (primary N) is 3. The van der Waals surface area contributed by atoms with E-state index in [2.05, 4.69) is 16.0 Å². The monoisotopic (exact) mass is 488 g/mol. The van der Waals surface area contributed by atoms with E-state index in [-0.39, 0.29) is 18.8 Å². The summed E-state index contributed by atoms with van der Waals surface area (Å²) in [5.74, 6) is -6.34. The average molecular weight is 489 g/mol. The molecule has 0 aliphatic heterocycles. The van der Waals surface area contributed by atoms with Crippen LogP contribution in [0.4, 0.5) is 0 Å². The number of carbonyl (C=O) groups is 6. The third kappa shape index (κ3) is 12.7.